The van der Waals surface area contributed by atoms with E-state index in [9.17, 15) is 15.3 Å². The number of fused-ring (bicyclic) bond motifs is 2. The Hall–Kier alpha value is -2.91. The summed E-state index contributed by atoms with van der Waals surface area (Å²) in [6, 6.07) is 15.5. The molecule has 0 spiro atoms. The number of Topliss-reactive ketones (excluding diaryl/α,β-unsaturated/α-hetero) is 1. The van der Waals surface area contributed by atoms with Gasteiger partial charge < -0.3 is 0 Å². The van der Waals surface area contributed by atoms with Crippen molar-refractivity contribution in [3.8, 4) is 12.1 Å². The van der Waals surface area contributed by atoms with Crippen molar-refractivity contribution in [3.05, 3.63) is 53.1 Å². The molecule has 1 unspecified atom stereocenters. The number of benzene rings is 2. The second-order valence-electron chi connectivity index (χ2n) is 5.46. The van der Waals surface area contributed by atoms with Gasteiger partial charge in [-0.25, -0.2) is 0 Å². The Balaban J connectivity index is 2.34. The first kappa shape index (κ1) is 14.0. The van der Waals surface area contributed by atoms with Gasteiger partial charge >= 0.3 is 0 Å². The van der Waals surface area contributed by atoms with Gasteiger partial charge in [0.2, 0.25) is 0 Å². The van der Waals surface area contributed by atoms with Crippen molar-refractivity contribution in [1.29, 1.82) is 10.5 Å². The van der Waals surface area contributed by atoms with Gasteiger partial charge in [0.15, 0.2) is 5.78 Å². The minimum absolute atomic E-state index is 0.0283. The summed E-state index contributed by atoms with van der Waals surface area (Å²) in [7, 11) is 0. The maximum atomic E-state index is 12.7. The van der Waals surface area contributed by atoms with Crippen molar-refractivity contribution >= 4 is 22.1 Å². The molecular formula is C19H14N2O. The van der Waals surface area contributed by atoms with Gasteiger partial charge in [-0.2, -0.15) is 10.5 Å². The standard InChI is InChI=1S/C19H14N2O/c1-2-5-15-18(14(10-20)11-21)16-8-12-6-3-4-7-13(12)9-17(16)19(15)22/h3-4,6-9,15H,2,5H2,1H3. The SMILES string of the molecule is CCCC1C(=O)c2cc3ccccc3cc2C1=C(C#N)C#N. The molecule has 0 fully saturated rings. The molecule has 0 bridgehead atoms. The molecule has 0 N–H and O–H groups in total. The van der Waals surface area contributed by atoms with Crippen molar-refractivity contribution in [1.82, 2.24) is 0 Å². The zero-order valence-electron chi connectivity index (χ0n) is 12.3. The van der Waals surface area contributed by atoms with Gasteiger partial charge in [-0.15, -0.1) is 0 Å². The molecule has 0 amide bonds. The monoisotopic (exact) mass is 286 g/mol. The van der Waals surface area contributed by atoms with E-state index in [1.807, 2.05) is 55.5 Å². The van der Waals surface area contributed by atoms with Crippen LogP contribution in [0.15, 0.2) is 42.0 Å². The highest BCUT2D eigenvalue weighted by Gasteiger charge is 2.36. The summed E-state index contributed by atoms with van der Waals surface area (Å²) in [5.41, 5.74) is 2.05. The second kappa shape index (κ2) is 5.47. The van der Waals surface area contributed by atoms with Crippen LogP contribution in [0.5, 0.6) is 0 Å². The fourth-order valence-corrected chi connectivity index (χ4v) is 3.19. The zero-order valence-corrected chi connectivity index (χ0v) is 12.3. The van der Waals surface area contributed by atoms with Crippen molar-refractivity contribution in [2.45, 2.75) is 19.8 Å². The fourth-order valence-electron chi connectivity index (χ4n) is 3.19. The number of carbonyl (C=O) groups is 1. The third-order valence-electron chi connectivity index (χ3n) is 4.18. The van der Waals surface area contributed by atoms with E-state index in [0.29, 0.717) is 17.6 Å². The highest BCUT2D eigenvalue weighted by atomic mass is 16.1. The van der Waals surface area contributed by atoms with Crippen LogP contribution in [-0.2, 0) is 0 Å². The van der Waals surface area contributed by atoms with Crippen LogP contribution >= 0.6 is 0 Å². The number of nitriles is 2. The van der Waals surface area contributed by atoms with E-state index >= 15 is 0 Å². The largest absolute Gasteiger partial charge is 0.293 e. The molecule has 22 heavy (non-hydrogen) atoms. The molecule has 0 saturated carbocycles. The molecular weight excluding hydrogens is 272 g/mol. The summed E-state index contributed by atoms with van der Waals surface area (Å²) in [5.74, 6) is -0.341. The Morgan fingerprint density at radius 1 is 1.09 bits per heavy atom. The molecule has 0 aromatic heterocycles. The van der Waals surface area contributed by atoms with Gasteiger partial charge in [0, 0.05) is 5.56 Å². The number of allylic oxidation sites excluding steroid dienone is 2. The molecule has 1 aliphatic rings. The fraction of sp³-hybridized carbons (Fsp3) is 0.211. The Labute approximate surface area is 129 Å². The minimum atomic E-state index is -0.369. The number of nitrogens with zero attached hydrogens (tertiary/aromatic N) is 2. The molecule has 2 aromatic rings. The number of hydrogen-bond donors (Lipinski definition) is 0. The Kier molecular flexibility index (Phi) is 3.49. The maximum Gasteiger partial charge on any atom is 0.171 e. The normalized spacial score (nSPS) is 16.2. The van der Waals surface area contributed by atoms with Crippen molar-refractivity contribution in [2.75, 3.05) is 0 Å². The van der Waals surface area contributed by atoms with E-state index in [-0.39, 0.29) is 17.3 Å². The van der Waals surface area contributed by atoms with Gasteiger partial charge in [-0.3, -0.25) is 4.79 Å². The zero-order chi connectivity index (χ0) is 15.7. The van der Waals surface area contributed by atoms with E-state index in [2.05, 4.69) is 0 Å². The molecule has 106 valence electrons. The summed E-state index contributed by atoms with van der Waals surface area (Å²) in [5, 5.41) is 20.5. The van der Waals surface area contributed by atoms with Crippen LogP contribution in [0.25, 0.3) is 16.3 Å². The highest BCUT2D eigenvalue weighted by Crippen LogP contribution is 2.42. The Bertz CT molecular complexity index is 878. The molecule has 1 atom stereocenters. The lowest BCUT2D eigenvalue weighted by atomic mass is 9.91. The first-order chi connectivity index (χ1) is 10.7. The first-order valence-corrected chi connectivity index (χ1v) is 7.33. The third kappa shape index (κ3) is 2.00. The average Bonchev–Trinajstić information content (AvgIpc) is 2.80. The van der Waals surface area contributed by atoms with Crippen molar-refractivity contribution < 1.29 is 4.79 Å². The molecule has 3 nitrogen and oxygen atoms in total. The average molecular weight is 286 g/mol. The van der Waals surface area contributed by atoms with Crippen LogP contribution < -0.4 is 0 Å². The summed E-state index contributed by atoms with van der Waals surface area (Å²) in [6.45, 7) is 2.00. The van der Waals surface area contributed by atoms with Gasteiger partial charge in [-0.1, -0.05) is 37.6 Å². The summed E-state index contributed by atoms with van der Waals surface area (Å²) < 4.78 is 0. The quantitative estimate of drug-likeness (QED) is 0.775. The van der Waals surface area contributed by atoms with E-state index in [4.69, 9.17) is 0 Å². The van der Waals surface area contributed by atoms with E-state index in [0.717, 1.165) is 22.8 Å². The lowest BCUT2D eigenvalue weighted by molar-refractivity contribution is 0.0953. The lowest BCUT2D eigenvalue weighted by Crippen LogP contribution is -2.08. The summed E-state index contributed by atoms with van der Waals surface area (Å²) >= 11 is 0. The summed E-state index contributed by atoms with van der Waals surface area (Å²) in [4.78, 5) is 12.7. The predicted octanol–water partition coefficient (Wildman–Crippen LogP) is 4.25. The van der Waals surface area contributed by atoms with Crippen LogP contribution in [0.3, 0.4) is 0 Å². The number of rotatable bonds is 2. The molecule has 1 aliphatic carbocycles. The van der Waals surface area contributed by atoms with Gasteiger partial charge in [0.05, 0.1) is 5.92 Å². The lowest BCUT2D eigenvalue weighted by Gasteiger charge is -2.09. The Morgan fingerprint density at radius 2 is 1.68 bits per heavy atom. The molecule has 0 radical (unpaired) electrons. The molecule has 0 heterocycles. The smallest absolute Gasteiger partial charge is 0.171 e. The van der Waals surface area contributed by atoms with E-state index < -0.39 is 0 Å². The minimum Gasteiger partial charge on any atom is -0.293 e. The van der Waals surface area contributed by atoms with Crippen LogP contribution in [0.1, 0.15) is 35.7 Å². The van der Waals surface area contributed by atoms with Crippen LogP contribution in [-0.4, -0.2) is 5.78 Å². The van der Waals surface area contributed by atoms with Crippen LogP contribution in [0, 0.1) is 28.6 Å². The van der Waals surface area contributed by atoms with E-state index in [1.165, 1.54) is 0 Å². The third-order valence-corrected chi connectivity index (χ3v) is 4.18. The van der Waals surface area contributed by atoms with Gasteiger partial charge in [-0.05, 0) is 40.5 Å². The number of carbonyl (C=O) groups excluding carboxylic acids is 1. The van der Waals surface area contributed by atoms with Gasteiger partial charge in [0.1, 0.15) is 17.7 Å². The summed E-state index contributed by atoms with van der Waals surface area (Å²) in [6.07, 6.45) is 1.49. The molecule has 0 aliphatic heterocycles. The predicted molar refractivity (Wildman–Crippen MR) is 84.8 cm³/mol. The molecule has 3 rings (SSSR count). The molecule has 2 aromatic carbocycles. The van der Waals surface area contributed by atoms with Gasteiger partial charge in [0.25, 0.3) is 0 Å². The van der Waals surface area contributed by atoms with Crippen LogP contribution in [0.4, 0.5) is 0 Å². The number of hydrogen-bond acceptors (Lipinski definition) is 3. The topological polar surface area (TPSA) is 64.7 Å². The Morgan fingerprint density at radius 3 is 2.23 bits per heavy atom. The van der Waals surface area contributed by atoms with Crippen molar-refractivity contribution in [3.63, 3.8) is 0 Å². The number of ketones is 1. The maximum absolute atomic E-state index is 12.7. The second-order valence-corrected chi connectivity index (χ2v) is 5.46. The molecule has 0 saturated heterocycles. The highest BCUT2D eigenvalue weighted by molar-refractivity contribution is 6.17. The molecule has 3 heteroatoms. The first-order valence-electron chi connectivity index (χ1n) is 7.33. The van der Waals surface area contributed by atoms with Crippen molar-refractivity contribution in [2.24, 2.45) is 5.92 Å². The van der Waals surface area contributed by atoms with E-state index in [1.54, 1.807) is 0 Å². The van der Waals surface area contributed by atoms with Crippen LogP contribution in [0.2, 0.25) is 0 Å².